The van der Waals surface area contributed by atoms with Gasteiger partial charge in [-0.3, -0.25) is 4.79 Å². The molecule has 0 amide bonds. The molecule has 0 radical (unpaired) electrons. The number of methoxy groups -OCH3 is 1. The van der Waals surface area contributed by atoms with Crippen molar-refractivity contribution in [3.63, 3.8) is 0 Å². The highest BCUT2D eigenvalue weighted by molar-refractivity contribution is 7.87. The molecule has 20 heavy (non-hydrogen) atoms. The Bertz CT molecular complexity index is 567. The van der Waals surface area contributed by atoms with Crippen LogP contribution >= 0.6 is 0 Å². The molecule has 0 heterocycles. The number of rotatable bonds is 6. The first-order valence-corrected chi connectivity index (χ1v) is 6.66. The quantitative estimate of drug-likeness (QED) is 0.451. The van der Waals surface area contributed by atoms with Crippen LogP contribution in [0.15, 0.2) is 24.3 Å². The maximum atomic E-state index is 13.8. The van der Waals surface area contributed by atoms with Gasteiger partial charge in [-0.2, -0.15) is 17.2 Å². The highest BCUT2D eigenvalue weighted by Crippen LogP contribution is 2.35. The van der Waals surface area contributed by atoms with E-state index in [1.54, 1.807) is 0 Å². The zero-order chi connectivity index (χ0) is 15.4. The van der Waals surface area contributed by atoms with Gasteiger partial charge in [-0.25, -0.2) is 4.18 Å². The minimum absolute atomic E-state index is 0.294. The number of esters is 1. The second-order valence-electron chi connectivity index (χ2n) is 3.57. The third-order valence-corrected chi connectivity index (χ3v) is 3.48. The first-order chi connectivity index (χ1) is 9.20. The normalized spacial score (nSPS) is 12.0. The summed E-state index contributed by atoms with van der Waals surface area (Å²) < 4.78 is 63.3. The average Bonchev–Trinajstić information content (AvgIpc) is 2.38. The van der Waals surface area contributed by atoms with Crippen molar-refractivity contribution in [2.75, 3.05) is 13.9 Å². The Morgan fingerprint density at radius 2 is 1.80 bits per heavy atom. The van der Waals surface area contributed by atoms with Crippen LogP contribution < -0.4 is 4.74 Å². The fourth-order valence-electron chi connectivity index (χ4n) is 1.17. The lowest BCUT2D eigenvalue weighted by atomic mass is 10.2. The number of carbonyl (C=O) groups is 1. The topological polar surface area (TPSA) is 78.9 Å². The molecule has 0 atom stereocenters. The Balaban J connectivity index is 2.91. The molecule has 6 nitrogen and oxygen atoms in total. The number of hydrogen-bond donors (Lipinski definition) is 0. The number of ether oxygens (including phenoxy) is 2. The molecule has 0 aliphatic rings. The van der Waals surface area contributed by atoms with Crippen molar-refractivity contribution >= 4 is 16.1 Å². The first kappa shape index (κ1) is 16.3. The third kappa shape index (κ3) is 3.64. The van der Waals surface area contributed by atoms with Crippen molar-refractivity contribution in [1.82, 2.24) is 0 Å². The smallest absolute Gasteiger partial charge is 0.395 e. The van der Waals surface area contributed by atoms with Crippen LogP contribution in [0.25, 0.3) is 0 Å². The molecule has 0 unspecified atom stereocenters. The zero-order valence-electron chi connectivity index (χ0n) is 10.6. The van der Waals surface area contributed by atoms with Crippen molar-refractivity contribution in [1.29, 1.82) is 0 Å². The highest BCUT2D eigenvalue weighted by atomic mass is 32.2. The van der Waals surface area contributed by atoms with Crippen LogP contribution in [0.1, 0.15) is 12.5 Å². The molecule has 0 fully saturated rings. The first-order valence-electron chi connectivity index (χ1n) is 5.25. The van der Waals surface area contributed by atoms with E-state index >= 15 is 0 Å². The summed E-state index contributed by atoms with van der Waals surface area (Å²) in [7, 11) is -3.94. The number of benzene rings is 1. The van der Waals surface area contributed by atoms with Gasteiger partial charge in [0.05, 0.1) is 7.11 Å². The van der Waals surface area contributed by atoms with Gasteiger partial charge < -0.3 is 9.47 Å². The van der Waals surface area contributed by atoms with E-state index in [1.807, 2.05) is 0 Å². The molecule has 0 saturated heterocycles. The second-order valence-corrected chi connectivity index (χ2v) is 5.23. The van der Waals surface area contributed by atoms with Gasteiger partial charge in [0.25, 0.3) is 0 Å². The fourth-order valence-corrected chi connectivity index (χ4v) is 1.92. The van der Waals surface area contributed by atoms with Gasteiger partial charge in [-0.1, -0.05) is 0 Å². The lowest BCUT2D eigenvalue weighted by Crippen LogP contribution is -2.29. The van der Waals surface area contributed by atoms with Gasteiger partial charge in [-0.15, -0.1) is 0 Å². The van der Waals surface area contributed by atoms with Crippen LogP contribution in [0.4, 0.5) is 8.78 Å². The van der Waals surface area contributed by atoms with Gasteiger partial charge in [-0.05, 0) is 24.3 Å². The molecule has 0 aliphatic heterocycles. The fraction of sp³-hybridized carbons (Fsp3) is 0.364. The summed E-state index contributed by atoms with van der Waals surface area (Å²) in [6.45, 7) is -0.124. The van der Waals surface area contributed by atoms with E-state index < -0.39 is 33.7 Å². The number of alkyl halides is 2. The van der Waals surface area contributed by atoms with E-state index in [-0.39, 0.29) is 0 Å². The van der Waals surface area contributed by atoms with E-state index in [1.165, 1.54) is 19.2 Å². The molecular weight excluding hydrogens is 298 g/mol. The molecule has 0 saturated carbocycles. The summed E-state index contributed by atoms with van der Waals surface area (Å²) in [5.74, 6) is -0.559. The summed E-state index contributed by atoms with van der Waals surface area (Å²) >= 11 is 0. The van der Waals surface area contributed by atoms with Gasteiger partial charge in [0.2, 0.25) is 6.79 Å². The predicted molar refractivity (Wildman–Crippen MR) is 63.5 cm³/mol. The monoisotopic (exact) mass is 310 g/mol. The van der Waals surface area contributed by atoms with Crippen LogP contribution in [-0.2, 0) is 29.1 Å². The molecule has 0 aliphatic carbocycles. The Morgan fingerprint density at radius 1 is 1.25 bits per heavy atom. The summed E-state index contributed by atoms with van der Waals surface area (Å²) in [6.07, 6.45) is 0. The lowest BCUT2D eigenvalue weighted by molar-refractivity contribution is -0.147. The predicted octanol–water partition coefficient (Wildman–Crippen LogP) is 1.61. The number of halogens is 2. The van der Waals surface area contributed by atoms with Gasteiger partial charge in [0.15, 0.2) is 0 Å². The van der Waals surface area contributed by atoms with Gasteiger partial charge in [0, 0.05) is 12.5 Å². The Labute approximate surface area is 114 Å². The summed E-state index contributed by atoms with van der Waals surface area (Å²) in [5, 5.41) is -4.28. The van der Waals surface area contributed by atoms with Crippen molar-refractivity contribution in [2.45, 2.75) is 12.2 Å². The largest absolute Gasteiger partial charge is 0.497 e. The van der Waals surface area contributed by atoms with Crippen LogP contribution in [0.3, 0.4) is 0 Å². The number of carbonyl (C=O) groups excluding carboxylic acids is 1. The molecule has 1 rings (SSSR count). The molecule has 1 aromatic rings. The molecule has 0 spiro atoms. The third-order valence-electron chi connectivity index (χ3n) is 2.21. The van der Waals surface area contributed by atoms with Gasteiger partial charge >= 0.3 is 21.3 Å². The Kier molecular flexibility index (Phi) is 5.01. The molecule has 0 aromatic heterocycles. The highest BCUT2D eigenvalue weighted by Gasteiger charge is 2.48. The minimum Gasteiger partial charge on any atom is -0.497 e. The van der Waals surface area contributed by atoms with Crippen molar-refractivity contribution in [3.8, 4) is 5.75 Å². The van der Waals surface area contributed by atoms with E-state index in [4.69, 9.17) is 4.74 Å². The van der Waals surface area contributed by atoms with E-state index in [0.29, 0.717) is 5.75 Å². The second kappa shape index (κ2) is 6.14. The van der Waals surface area contributed by atoms with Crippen LogP contribution in [0.5, 0.6) is 5.75 Å². The van der Waals surface area contributed by atoms with E-state index in [2.05, 4.69) is 8.92 Å². The van der Waals surface area contributed by atoms with Crippen LogP contribution in [0, 0.1) is 0 Å². The summed E-state index contributed by atoms with van der Waals surface area (Å²) in [5.41, 5.74) is -0.791. The van der Waals surface area contributed by atoms with Gasteiger partial charge in [0.1, 0.15) is 5.75 Å². The SMILES string of the molecule is COc1ccc(C(F)(F)S(=O)(=O)OCOC(C)=O)cc1. The lowest BCUT2D eigenvalue weighted by Gasteiger charge is -2.16. The number of hydrogen-bond acceptors (Lipinski definition) is 6. The van der Waals surface area contributed by atoms with E-state index in [0.717, 1.165) is 19.1 Å². The maximum Gasteiger partial charge on any atom is 0.395 e. The molecule has 112 valence electrons. The maximum absolute atomic E-state index is 13.8. The zero-order valence-corrected chi connectivity index (χ0v) is 11.4. The minimum atomic E-state index is -5.28. The van der Waals surface area contributed by atoms with Crippen LogP contribution in [0.2, 0.25) is 0 Å². The molecule has 1 aromatic carbocycles. The molecule has 0 bridgehead atoms. The van der Waals surface area contributed by atoms with Crippen molar-refractivity contribution < 1.29 is 35.6 Å². The van der Waals surface area contributed by atoms with Crippen molar-refractivity contribution in [2.24, 2.45) is 0 Å². The van der Waals surface area contributed by atoms with Crippen molar-refractivity contribution in [3.05, 3.63) is 29.8 Å². The molecular formula is C11H12F2O6S. The average molecular weight is 310 g/mol. The Morgan fingerprint density at radius 3 is 2.25 bits per heavy atom. The molecule has 0 N–H and O–H groups in total. The standard InChI is InChI=1S/C11H12F2O6S/c1-8(14)18-7-19-20(15,16)11(12,13)9-3-5-10(17-2)6-4-9/h3-6H,7H2,1-2H3. The summed E-state index contributed by atoms with van der Waals surface area (Å²) in [6, 6.07) is 4.16. The van der Waals surface area contributed by atoms with Crippen LogP contribution in [-0.4, -0.2) is 28.3 Å². The Hall–Kier alpha value is -1.74. The van der Waals surface area contributed by atoms with E-state index in [9.17, 15) is 22.0 Å². The molecule has 9 heteroatoms. The summed E-state index contributed by atoms with van der Waals surface area (Å²) in [4.78, 5) is 10.4.